The molecule has 0 N–H and O–H groups in total. The van der Waals surface area contributed by atoms with E-state index < -0.39 is 5.66 Å². The Morgan fingerprint density at radius 2 is 0.838 bits per heavy atom. The zero-order chi connectivity index (χ0) is 25.2. The van der Waals surface area contributed by atoms with Gasteiger partial charge in [0.2, 0.25) is 11.8 Å². The van der Waals surface area contributed by atoms with E-state index in [4.69, 9.17) is 9.47 Å². The average molecular weight is 491 g/mol. The summed E-state index contributed by atoms with van der Waals surface area (Å²) in [4.78, 5) is 30.0. The van der Waals surface area contributed by atoms with Gasteiger partial charge in [-0.2, -0.15) is 0 Å². The van der Waals surface area contributed by atoms with Crippen LogP contribution in [-0.4, -0.2) is 17.5 Å². The highest BCUT2D eigenvalue weighted by atomic mass is 16.5. The Hall–Kier alpha value is -4.58. The van der Waals surface area contributed by atoms with Gasteiger partial charge in [0.25, 0.3) is 0 Å². The Bertz CT molecular complexity index is 1290. The number of hydrogen-bond acceptors (Lipinski definition) is 4. The number of ether oxygens (including phenoxy) is 2. The van der Waals surface area contributed by atoms with E-state index in [0.717, 1.165) is 22.9 Å². The lowest BCUT2D eigenvalue weighted by Crippen LogP contribution is -2.56. The summed E-state index contributed by atoms with van der Waals surface area (Å²) in [5.74, 6) is 2.89. The van der Waals surface area contributed by atoms with Gasteiger partial charge in [0.1, 0.15) is 28.7 Å². The number of amides is 2. The molecule has 1 spiro atoms. The third-order valence-corrected chi connectivity index (χ3v) is 6.96. The molecule has 2 aliphatic heterocycles. The molecule has 37 heavy (non-hydrogen) atoms. The second-order valence-electron chi connectivity index (χ2n) is 9.26. The molecule has 0 radical (unpaired) electrons. The first-order valence-electron chi connectivity index (χ1n) is 12.4. The molecule has 0 saturated carbocycles. The molecule has 0 aliphatic carbocycles. The Morgan fingerprint density at radius 1 is 0.486 bits per heavy atom. The normalized spacial score (nSPS) is 16.4. The van der Waals surface area contributed by atoms with Gasteiger partial charge in [-0.05, 0) is 85.6 Å². The van der Waals surface area contributed by atoms with E-state index in [0.29, 0.717) is 37.2 Å². The first-order valence-corrected chi connectivity index (χ1v) is 12.4. The van der Waals surface area contributed by atoms with Crippen LogP contribution < -0.4 is 19.3 Å². The maximum atomic E-state index is 13.2. The number of anilines is 2. The number of carbonyl (C=O) groups excluding carboxylic acids is 2. The minimum absolute atomic E-state index is 0.0143. The Kier molecular flexibility index (Phi) is 5.85. The van der Waals surface area contributed by atoms with E-state index in [2.05, 4.69) is 0 Å². The lowest BCUT2D eigenvalue weighted by atomic mass is 10.0. The highest BCUT2D eigenvalue weighted by molar-refractivity contribution is 6.05. The van der Waals surface area contributed by atoms with Crippen LogP contribution in [0.25, 0.3) is 0 Å². The van der Waals surface area contributed by atoms with Crippen LogP contribution in [0.15, 0.2) is 109 Å². The molecule has 2 saturated heterocycles. The number of hydrogen-bond donors (Lipinski definition) is 0. The van der Waals surface area contributed by atoms with E-state index in [9.17, 15) is 9.59 Å². The van der Waals surface area contributed by atoms with Crippen LogP contribution in [0.5, 0.6) is 23.0 Å². The second-order valence-corrected chi connectivity index (χ2v) is 9.26. The third-order valence-electron chi connectivity index (χ3n) is 6.96. The van der Waals surface area contributed by atoms with Crippen molar-refractivity contribution in [2.24, 2.45) is 0 Å². The molecular formula is C31H26N2O4. The number of para-hydroxylation sites is 2. The van der Waals surface area contributed by atoms with Crippen molar-refractivity contribution >= 4 is 23.2 Å². The Labute approximate surface area is 215 Å². The van der Waals surface area contributed by atoms with Gasteiger partial charge in [-0.15, -0.1) is 0 Å². The van der Waals surface area contributed by atoms with Gasteiger partial charge < -0.3 is 9.47 Å². The first kappa shape index (κ1) is 22.9. The van der Waals surface area contributed by atoms with Gasteiger partial charge >= 0.3 is 0 Å². The highest BCUT2D eigenvalue weighted by Gasteiger charge is 2.56. The van der Waals surface area contributed by atoms with E-state index in [1.54, 1.807) is 9.80 Å². The fourth-order valence-electron chi connectivity index (χ4n) is 5.32. The second kappa shape index (κ2) is 9.47. The summed E-state index contributed by atoms with van der Waals surface area (Å²) in [5.41, 5.74) is 0.788. The predicted molar refractivity (Wildman–Crippen MR) is 142 cm³/mol. The number of carbonyl (C=O) groups is 2. The topological polar surface area (TPSA) is 59.1 Å². The molecule has 2 amide bonds. The molecule has 0 unspecified atom stereocenters. The van der Waals surface area contributed by atoms with E-state index in [-0.39, 0.29) is 11.8 Å². The van der Waals surface area contributed by atoms with Gasteiger partial charge in [0.05, 0.1) is 0 Å². The summed E-state index contributed by atoms with van der Waals surface area (Å²) in [6.07, 6.45) is 1.95. The lowest BCUT2D eigenvalue weighted by molar-refractivity contribution is -0.117. The third kappa shape index (κ3) is 4.31. The van der Waals surface area contributed by atoms with Crippen LogP contribution in [0.4, 0.5) is 11.4 Å². The average Bonchev–Trinajstić information content (AvgIpc) is 3.44. The van der Waals surface area contributed by atoms with Gasteiger partial charge in [-0.25, -0.2) is 0 Å². The van der Waals surface area contributed by atoms with Crippen molar-refractivity contribution in [1.82, 2.24) is 0 Å². The summed E-state index contributed by atoms with van der Waals surface area (Å²) < 4.78 is 11.8. The summed E-state index contributed by atoms with van der Waals surface area (Å²) in [7, 11) is 0. The number of benzene rings is 4. The van der Waals surface area contributed by atoms with Crippen molar-refractivity contribution < 1.29 is 19.1 Å². The van der Waals surface area contributed by atoms with Crippen molar-refractivity contribution in [3.63, 3.8) is 0 Å². The first-order chi connectivity index (χ1) is 18.1. The molecule has 0 atom stereocenters. The summed E-state index contributed by atoms with van der Waals surface area (Å²) in [5, 5.41) is 0. The van der Waals surface area contributed by atoms with Crippen LogP contribution >= 0.6 is 0 Å². The fourth-order valence-corrected chi connectivity index (χ4v) is 5.32. The van der Waals surface area contributed by atoms with Gasteiger partial charge in [-0.3, -0.25) is 19.4 Å². The van der Waals surface area contributed by atoms with Crippen molar-refractivity contribution in [3.05, 3.63) is 109 Å². The van der Waals surface area contributed by atoms with E-state index >= 15 is 0 Å². The van der Waals surface area contributed by atoms with E-state index in [1.165, 1.54) is 0 Å². The maximum absolute atomic E-state index is 13.2. The van der Waals surface area contributed by atoms with Crippen molar-refractivity contribution in [2.75, 3.05) is 9.80 Å². The van der Waals surface area contributed by atoms with Crippen LogP contribution in [0, 0.1) is 0 Å². The van der Waals surface area contributed by atoms with Crippen molar-refractivity contribution in [3.8, 4) is 23.0 Å². The van der Waals surface area contributed by atoms with Gasteiger partial charge in [0.15, 0.2) is 0 Å². The van der Waals surface area contributed by atoms with Crippen LogP contribution in [-0.2, 0) is 9.59 Å². The molecule has 0 bridgehead atoms. The minimum Gasteiger partial charge on any atom is -0.457 e. The van der Waals surface area contributed by atoms with Gasteiger partial charge in [0, 0.05) is 24.2 Å². The predicted octanol–water partition coefficient (Wildman–Crippen LogP) is 6.92. The Morgan fingerprint density at radius 3 is 1.22 bits per heavy atom. The lowest BCUT2D eigenvalue weighted by Gasteiger charge is -2.42. The Balaban J connectivity index is 1.27. The molecule has 0 aromatic heterocycles. The van der Waals surface area contributed by atoms with Crippen LogP contribution in [0.1, 0.15) is 25.7 Å². The molecule has 6 rings (SSSR count). The maximum Gasteiger partial charge on any atom is 0.229 e. The standard InChI is InChI=1S/C31H26N2O4/c34-29-19-21-31(32(29)23-11-15-27(16-12-23)36-25-7-3-1-4-8-25)22-20-30(35)33(31)24-13-17-28(18-14-24)37-26-9-5-2-6-10-26/h1-18H,19-22H2. The van der Waals surface area contributed by atoms with E-state index in [1.807, 2.05) is 109 Å². The molecular weight excluding hydrogens is 464 g/mol. The zero-order valence-electron chi connectivity index (χ0n) is 20.2. The van der Waals surface area contributed by atoms with Crippen molar-refractivity contribution in [2.45, 2.75) is 31.3 Å². The molecule has 6 heteroatoms. The zero-order valence-corrected chi connectivity index (χ0v) is 20.2. The summed E-state index contributed by atoms with van der Waals surface area (Å²) >= 11 is 0. The highest BCUT2D eigenvalue weighted by Crippen LogP contribution is 2.47. The molecule has 184 valence electrons. The largest absolute Gasteiger partial charge is 0.457 e. The smallest absolute Gasteiger partial charge is 0.229 e. The molecule has 2 heterocycles. The van der Waals surface area contributed by atoms with Crippen LogP contribution in [0.2, 0.25) is 0 Å². The van der Waals surface area contributed by atoms with Crippen LogP contribution in [0.3, 0.4) is 0 Å². The van der Waals surface area contributed by atoms with Crippen molar-refractivity contribution in [1.29, 1.82) is 0 Å². The molecule has 4 aromatic carbocycles. The quantitative estimate of drug-likeness (QED) is 0.294. The molecule has 2 aliphatic rings. The number of rotatable bonds is 6. The molecule has 6 nitrogen and oxygen atoms in total. The summed E-state index contributed by atoms with van der Waals surface area (Å²) in [6, 6.07) is 34.1. The minimum atomic E-state index is -0.724. The van der Waals surface area contributed by atoms with Gasteiger partial charge in [-0.1, -0.05) is 36.4 Å². The number of nitrogens with zero attached hydrogens (tertiary/aromatic N) is 2. The SMILES string of the molecule is O=C1CCC2(CCC(=O)N2c2ccc(Oc3ccccc3)cc2)N1c1ccc(Oc2ccccc2)cc1. The molecule has 4 aromatic rings. The monoisotopic (exact) mass is 490 g/mol. The molecule has 2 fully saturated rings. The fraction of sp³-hybridized carbons (Fsp3) is 0.161. The summed E-state index contributed by atoms with van der Waals surface area (Å²) in [6.45, 7) is 0.